The largest absolute Gasteiger partial charge is 0.456 e. The number of hydrogen-bond acceptors (Lipinski definition) is 3. The van der Waals surface area contributed by atoms with Gasteiger partial charge in [0.1, 0.15) is 17.6 Å². The van der Waals surface area contributed by atoms with E-state index in [1.807, 2.05) is 0 Å². The molecule has 1 heterocycles. The van der Waals surface area contributed by atoms with Crippen LogP contribution in [0.1, 0.15) is 17.4 Å². The lowest BCUT2D eigenvalue weighted by Crippen LogP contribution is -2.28. The molecule has 6 heteroatoms. The Morgan fingerprint density at radius 3 is 2.57 bits per heavy atom. The molecule has 2 aromatic carbocycles. The summed E-state index contributed by atoms with van der Waals surface area (Å²) >= 11 is 5.66. The van der Waals surface area contributed by atoms with Gasteiger partial charge < -0.3 is 4.42 Å². The first kappa shape index (κ1) is 14.0. The van der Waals surface area contributed by atoms with Crippen molar-refractivity contribution in [3.05, 3.63) is 70.4 Å². The number of para-hydroxylation sites is 1. The van der Waals surface area contributed by atoms with Crippen LogP contribution in [0.5, 0.6) is 0 Å². The Bertz CT molecular complexity index is 803. The van der Waals surface area contributed by atoms with E-state index >= 15 is 0 Å². The number of nitrogens with two attached hydrogens (primary N) is 1. The van der Waals surface area contributed by atoms with Gasteiger partial charge in [-0.05, 0) is 29.8 Å². The van der Waals surface area contributed by atoms with Crippen LogP contribution < -0.4 is 11.3 Å². The SMILES string of the molecule is NNC(c1ccc(Cl)c(F)c1)c1cc2cccc(F)c2o1. The molecular formula is C15H11ClF2N2O. The minimum atomic E-state index is -0.608. The van der Waals surface area contributed by atoms with Crippen molar-refractivity contribution in [2.75, 3.05) is 0 Å². The van der Waals surface area contributed by atoms with E-state index in [1.54, 1.807) is 24.3 Å². The average molecular weight is 309 g/mol. The molecule has 1 aromatic heterocycles. The van der Waals surface area contributed by atoms with Crippen LogP contribution >= 0.6 is 11.6 Å². The van der Waals surface area contributed by atoms with E-state index in [4.69, 9.17) is 21.9 Å². The number of halogens is 3. The Hall–Kier alpha value is -1.95. The molecular weight excluding hydrogens is 298 g/mol. The standard InChI is InChI=1S/C15H11ClF2N2O/c16-10-5-4-8(6-12(10)18)14(20-19)13-7-9-2-1-3-11(17)15(9)21-13/h1-7,14,20H,19H2. The van der Waals surface area contributed by atoms with Gasteiger partial charge in [-0.25, -0.2) is 14.2 Å². The number of rotatable bonds is 3. The molecule has 108 valence electrons. The lowest BCUT2D eigenvalue weighted by atomic mass is 10.0. The zero-order valence-electron chi connectivity index (χ0n) is 10.7. The predicted octanol–water partition coefficient (Wildman–Crippen LogP) is 3.92. The summed E-state index contributed by atoms with van der Waals surface area (Å²) in [5, 5.41) is 0.629. The van der Waals surface area contributed by atoms with Crippen molar-refractivity contribution >= 4 is 22.6 Å². The van der Waals surface area contributed by atoms with Crippen molar-refractivity contribution in [3.63, 3.8) is 0 Å². The first-order chi connectivity index (χ1) is 10.1. The maximum absolute atomic E-state index is 13.7. The highest BCUT2D eigenvalue weighted by Crippen LogP contribution is 2.30. The van der Waals surface area contributed by atoms with Crippen LogP contribution in [0.25, 0.3) is 11.0 Å². The number of nitrogens with one attached hydrogen (secondary N) is 1. The maximum Gasteiger partial charge on any atom is 0.169 e. The third-order valence-electron chi connectivity index (χ3n) is 3.24. The smallest absolute Gasteiger partial charge is 0.169 e. The summed E-state index contributed by atoms with van der Waals surface area (Å²) in [5.41, 5.74) is 3.20. The highest BCUT2D eigenvalue weighted by atomic mass is 35.5. The second-order valence-electron chi connectivity index (χ2n) is 4.58. The van der Waals surface area contributed by atoms with Crippen molar-refractivity contribution in [2.45, 2.75) is 6.04 Å². The molecule has 3 aromatic rings. The van der Waals surface area contributed by atoms with Gasteiger partial charge in [-0.2, -0.15) is 0 Å². The molecule has 3 N–H and O–H groups in total. The minimum absolute atomic E-state index is 0.0187. The molecule has 1 atom stereocenters. The van der Waals surface area contributed by atoms with Crippen molar-refractivity contribution < 1.29 is 13.2 Å². The Morgan fingerprint density at radius 2 is 1.90 bits per heavy atom. The van der Waals surface area contributed by atoms with E-state index in [2.05, 4.69) is 5.43 Å². The number of furan rings is 1. The van der Waals surface area contributed by atoms with Crippen LogP contribution in [0.4, 0.5) is 8.78 Å². The summed E-state index contributed by atoms with van der Waals surface area (Å²) in [6, 6.07) is 9.99. The molecule has 0 saturated carbocycles. The summed E-state index contributed by atoms with van der Waals surface area (Å²) in [6.07, 6.45) is 0. The minimum Gasteiger partial charge on any atom is -0.456 e. The summed E-state index contributed by atoms with van der Waals surface area (Å²) < 4.78 is 32.7. The van der Waals surface area contributed by atoms with Crippen molar-refractivity contribution in [3.8, 4) is 0 Å². The van der Waals surface area contributed by atoms with Crippen LogP contribution in [0, 0.1) is 11.6 Å². The lowest BCUT2D eigenvalue weighted by Gasteiger charge is -2.14. The fraction of sp³-hybridized carbons (Fsp3) is 0.0667. The van der Waals surface area contributed by atoms with Gasteiger partial charge in [0.25, 0.3) is 0 Å². The van der Waals surface area contributed by atoms with Gasteiger partial charge in [0.2, 0.25) is 0 Å². The van der Waals surface area contributed by atoms with Crippen LogP contribution in [0.15, 0.2) is 46.9 Å². The highest BCUT2D eigenvalue weighted by molar-refractivity contribution is 6.30. The van der Waals surface area contributed by atoms with Crippen LogP contribution in [-0.2, 0) is 0 Å². The van der Waals surface area contributed by atoms with Crippen molar-refractivity contribution in [1.82, 2.24) is 5.43 Å². The van der Waals surface area contributed by atoms with E-state index in [0.717, 1.165) is 0 Å². The Labute approximate surface area is 124 Å². The zero-order valence-corrected chi connectivity index (χ0v) is 11.5. The summed E-state index contributed by atoms with van der Waals surface area (Å²) in [7, 11) is 0. The topological polar surface area (TPSA) is 51.2 Å². The fourth-order valence-corrected chi connectivity index (χ4v) is 2.34. The second-order valence-corrected chi connectivity index (χ2v) is 4.99. The van der Waals surface area contributed by atoms with E-state index in [-0.39, 0.29) is 10.6 Å². The third kappa shape index (κ3) is 2.51. The molecule has 3 nitrogen and oxygen atoms in total. The Kier molecular flexibility index (Phi) is 3.63. The molecule has 1 unspecified atom stereocenters. The Morgan fingerprint density at radius 1 is 1.10 bits per heavy atom. The Balaban J connectivity index is 2.09. The molecule has 0 spiro atoms. The first-order valence-corrected chi connectivity index (χ1v) is 6.57. The molecule has 0 fully saturated rings. The van der Waals surface area contributed by atoms with Crippen LogP contribution in [-0.4, -0.2) is 0 Å². The molecule has 0 saturated heterocycles. The molecule has 0 aliphatic heterocycles. The van der Waals surface area contributed by atoms with Crippen molar-refractivity contribution in [2.24, 2.45) is 5.84 Å². The normalized spacial score (nSPS) is 12.8. The van der Waals surface area contributed by atoms with E-state index in [9.17, 15) is 8.78 Å². The first-order valence-electron chi connectivity index (χ1n) is 6.19. The molecule has 0 amide bonds. The lowest BCUT2D eigenvalue weighted by molar-refractivity contribution is 0.463. The molecule has 0 aliphatic rings. The summed E-state index contributed by atoms with van der Waals surface area (Å²) in [5.74, 6) is 4.89. The number of hydrogen-bond donors (Lipinski definition) is 2. The molecule has 0 bridgehead atoms. The molecule has 21 heavy (non-hydrogen) atoms. The van der Waals surface area contributed by atoms with Gasteiger partial charge in [-0.15, -0.1) is 0 Å². The van der Waals surface area contributed by atoms with Crippen LogP contribution in [0.2, 0.25) is 5.02 Å². The zero-order chi connectivity index (χ0) is 15.0. The van der Waals surface area contributed by atoms with Gasteiger partial charge >= 0.3 is 0 Å². The van der Waals surface area contributed by atoms with Gasteiger partial charge in [-0.1, -0.05) is 29.8 Å². The van der Waals surface area contributed by atoms with Gasteiger partial charge in [0.05, 0.1) is 5.02 Å². The van der Waals surface area contributed by atoms with Gasteiger partial charge in [-0.3, -0.25) is 5.84 Å². The summed E-state index contributed by atoms with van der Waals surface area (Å²) in [6.45, 7) is 0. The number of benzene rings is 2. The van der Waals surface area contributed by atoms with Gasteiger partial charge in [0.15, 0.2) is 11.4 Å². The third-order valence-corrected chi connectivity index (χ3v) is 3.55. The molecule has 0 aliphatic carbocycles. The van der Waals surface area contributed by atoms with E-state index < -0.39 is 17.7 Å². The molecule has 3 rings (SSSR count). The number of fused-ring (bicyclic) bond motifs is 1. The summed E-state index contributed by atoms with van der Waals surface area (Å²) in [4.78, 5) is 0. The monoisotopic (exact) mass is 308 g/mol. The fourth-order valence-electron chi connectivity index (χ4n) is 2.22. The van der Waals surface area contributed by atoms with E-state index in [1.165, 1.54) is 18.2 Å². The van der Waals surface area contributed by atoms with Gasteiger partial charge in [0, 0.05) is 5.39 Å². The molecule has 0 radical (unpaired) electrons. The quantitative estimate of drug-likeness (QED) is 0.569. The highest BCUT2D eigenvalue weighted by Gasteiger charge is 2.19. The van der Waals surface area contributed by atoms with Crippen LogP contribution in [0.3, 0.4) is 0 Å². The second kappa shape index (κ2) is 5.44. The van der Waals surface area contributed by atoms with E-state index in [0.29, 0.717) is 16.7 Å². The number of hydrazine groups is 1. The van der Waals surface area contributed by atoms with Crippen molar-refractivity contribution in [1.29, 1.82) is 0 Å². The predicted molar refractivity (Wildman–Crippen MR) is 76.7 cm³/mol. The maximum atomic E-state index is 13.7. The average Bonchev–Trinajstić information content (AvgIpc) is 2.89.